The smallest absolute Gasteiger partial charge is 0.252 e. The van der Waals surface area contributed by atoms with Crippen molar-refractivity contribution in [3.63, 3.8) is 0 Å². The molecule has 1 fully saturated rings. The first kappa shape index (κ1) is 15.0. The van der Waals surface area contributed by atoms with E-state index in [2.05, 4.69) is 9.97 Å². The van der Waals surface area contributed by atoms with Crippen LogP contribution in [0.4, 0.5) is 5.82 Å². The Morgan fingerprint density at radius 3 is 2.70 bits per heavy atom. The van der Waals surface area contributed by atoms with Gasteiger partial charge in [0.05, 0.1) is 5.75 Å². The van der Waals surface area contributed by atoms with Crippen molar-refractivity contribution in [3.8, 4) is 0 Å². The molecule has 2 heterocycles. The van der Waals surface area contributed by atoms with Gasteiger partial charge in [-0.15, -0.1) is 0 Å². The van der Waals surface area contributed by atoms with Crippen LogP contribution in [0.25, 0.3) is 0 Å². The van der Waals surface area contributed by atoms with E-state index in [1.165, 1.54) is 10.4 Å². The summed E-state index contributed by atoms with van der Waals surface area (Å²) in [4.78, 5) is 20.4. The molecule has 1 aromatic heterocycles. The second kappa shape index (κ2) is 5.53. The van der Waals surface area contributed by atoms with Gasteiger partial charge < -0.3 is 9.88 Å². The number of anilines is 1. The van der Waals surface area contributed by atoms with Crippen LogP contribution in [0.2, 0.25) is 0 Å². The molecule has 8 heteroatoms. The minimum atomic E-state index is -3.16. The van der Waals surface area contributed by atoms with E-state index in [1.807, 2.05) is 11.8 Å². The number of aromatic nitrogens is 2. The van der Waals surface area contributed by atoms with E-state index < -0.39 is 10.0 Å². The number of piperazine rings is 1. The van der Waals surface area contributed by atoms with Crippen molar-refractivity contribution >= 4 is 15.8 Å². The fourth-order valence-electron chi connectivity index (χ4n) is 2.41. The average Bonchev–Trinajstić information content (AvgIpc) is 2.37. The third-order valence-electron chi connectivity index (χ3n) is 3.49. The maximum absolute atomic E-state index is 11.9. The number of aryl methyl sites for hydroxylation is 1. The molecule has 0 bridgehead atoms. The molecular formula is C12H20N4O3S. The number of nitrogens with zero attached hydrogens (tertiary/aromatic N) is 3. The van der Waals surface area contributed by atoms with Crippen molar-refractivity contribution in [3.05, 3.63) is 22.2 Å². The zero-order valence-electron chi connectivity index (χ0n) is 12.0. The number of hydrogen-bond acceptors (Lipinski definition) is 5. The zero-order valence-corrected chi connectivity index (χ0v) is 12.8. The molecule has 0 saturated carbocycles. The highest BCUT2D eigenvalue weighted by Gasteiger charge is 2.30. The molecule has 0 unspecified atom stereocenters. The van der Waals surface area contributed by atoms with Crippen LogP contribution in [-0.4, -0.2) is 54.1 Å². The van der Waals surface area contributed by atoms with Gasteiger partial charge in [0.1, 0.15) is 11.6 Å². The van der Waals surface area contributed by atoms with Crippen LogP contribution in [0.3, 0.4) is 0 Å². The largest absolute Gasteiger partial charge is 0.351 e. The lowest BCUT2D eigenvalue weighted by Crippen LogP contribution is -2.54. The lowest BCUT2D eigenvalue weighted by molar-refractivity contribution is 0.341. The molecule has 1 N–H and O–H groups in total. The number of aromatic amines is 1. The van der Waals surface area contributed by atoms with Gasteiger partial charge in [0.25, 0.3) is 5.56 Å². The first-order valence-corrected chi connectivity index (χ1v) is 8.27. The van der Waals surface area contributed by atoms with Gasteiger partial charge in [0, 0.05) is 31.7 Å². The molecule has 0 amide bonds. The summed E-state index contributed by atoms with van der Waals surface area (Å²) < 4.78 is 25.3. The highest BCUT2D eigenvalue weighted by molar-refractivity contribution is 7.89. The Bertz CT molecular complexity index is 640. The van der Waals surface area contributed by atoms with Crippen LogP contribution in [0.5, 0.6) is 0 Å². The predicted molar refractivity (Wildman–Crippen MR) is 77.4 cm³/mol. The lowest BCUT2D eigenvalue weighted by atomic mass is 10.2. The van der Waals surface area contributed by atoms with Crippen LogP contribution in [0.15, 0.2) is 10.9 Å². The van der Waals surface area contributed by atoms with Gasteiger partial charge in [-0.3, -0.25) is 4.79 Å². The second-order valence-corrected chi connectivity index (χ2v) is 7.25. The van der Waals surface area contributed by atoms with Crippen molar-refractivity contribution in [1.82, 2.24) is 14.3 Å². The summed E-state index contributed by atoms with van der Waals surface area (Å²) in [6.45, 7) is 6.70. The first-order valence-electron chi connectivity index (χ1n) is 6.66. The molecule has 1 aromatic rings. The minimum absolute atomic E-state index is 0.0150. The molecule has 112 valence electrons. The van der Waals surface area contributed by atoms with Gasteiger partial charge in [-0.25, -0.2) is 13.4 Å². The van der Waals surface area contributed by atoms with Gasteiger partial charge in [-0.2, -0.15) is 4.31 Å². The van der Waals surface area contributed by atoms with Crippen LogP contribution in [-0.2, 0) is 10.0 Å². The van der Waals surface area contributed by atoms with Crippen molar-refractivity contribution in [2.45, 2.75) is 26.8 Å². The number of hydrogen-bond donors (Lipinski definition) is 1. The fourth-order valence-corrected chi connectivity index (χ4v) is 3.58. The molecule has 2 rings (SSSR count). The maximum Gasteiger partial charge on any atom is 0.252 e. The highest BCUT2D eigenvalue weighted by Crippen LogP contribution is 2.19. The molecule has 0 spiro atoms. The Labute approximate surface area is 118 Å². The van der Waals surface area contributed by atoms with Crippen molar-refractivity contribution in [1.29, 1.82) is 0 Å². The normalized spacial score (nSPS) is 21.1. The van der Waals surface area contributed by atoms with E-state index >= 15 is 0 Å². The zero-order chi connectivity index (χ0) is 14.9. The molecule has 1 saturated heterocycles. The van der Waals surface area contributed by atoms with Crippen LogP contribution >= 0.6 is 0 Å². The van der Waals surface area contributed by atoms with E-state index in [9.17, 15) is 13.2 Å². The SMILES string of the molecule is CCS(=O)(=O)N1CCN(c2cc(=O)[nH]c(C)n2)[C@H](C)C1. The average molecular weight is 300 g/mol. The monoisotopic (exact) mass is 300 g/mol. The summed E-state index contributed by atoms with van der Waals surface area (Å²) in [5.41, 5.74) is -0.191. The summed E-state index contributed by atoms with van der Waals surface area (Å²) in [6.07, 6.45) is 0. The molecule has 0 radical (unpaired) electrons. The Morgan fingerprint density at radius 1 is 1.45 bits per heavy atom. The summed E-state index contributed by atoms with van der Waals surface area (Å²) in [6, 6.07) is 1.44. The number of nitrogens with one attached hydrogen (secondary N) is 1. The topological polar surface area (TPSA) is 86.4 Å². The Kier molecular flexibility index (Phi) is 4.14. The molecule has 0 aromatic carbocycles. The number of sulfonamides is 1. The lowest BCUT2D eigenvalue weighted by Gasteiger charge is -2.39. The van der Waals surface area contributed by atoms with Crippen LogP contribution in [0.1, 0.15) is 19.7 Å². The Balaban J connectivity index is 2.20. The number of rotatable bonds is 3. The predicted octanol–water partition coefficient (Wildman–Crippen LogP) is -0.0615. The van der Waals surface area contributed by atoms with Crippen molar-refractivity contribution in [2.24, 2.45) is 0 Å². The third-order valence-corrected chi connectivity index (χ3v) is 5.34. The second-order valence-electron chi connectivity index (χ2n) is 4.99. The standard InChI is InChI=1S/C12H20N4O3S/c1-4-20(18,19)15-5-6-16(9(2)8-15)11-7-12(17)14-10(3)13-11/h7,9H,4-6,8H2,1-3H3,(H,13,14,17)/t9-/m1/s1. The van der Waals surface area contributed by atoms with Gasteiger partial charge in [0.15, 0.2) is 0 Å². The van der Waals surface area contributed by atoms with Gasteiger partial charge in [0.2, 0.25) is 10.0 Å². The van der Waals surface area contributed by atoms with E-state index in [0.29, 0.717) is 31.3 Å². The van der Waals surface area contributed by atoms with E-state index in [1.54, 1.807) is 13.8 Å². The molecule has 1 atom stereocenters. The van der Waals surface area contributed by atoms with Gasteiger partial charge in [-0.05, 0) is 20.8 Å². The Hall–Kier alpha value is -1.41. The quantitative estimate of drug-likeness (QED) is 0.845. The summed E-state index contributed by atoms with van der Waals surface area (Å²) in [7, 11) is -3.16. The minimum Gasteiger partial charge on any atom is -0.351 e. The van der Waals surface area contributed by atoms with Gasteiger partial charge in [-0.1, -0.05) is 0 Å². The number of H-pyrrole nitrogens is 1. The van der Waals surface area contributed by atoms with E-state index in [-0.39, 0.29) is 17.4 Å². The van der Waals surface area contributed by atoms with E-state index in [4.69, 9.17) is 0 Å². The maximum atomic E-state index is 11.9. The first-order chi connectivity index (χ1) is 9.33. The van der Waals surface area contributed by atoms with E-state index in [0.717, 1.165) is 0 Å². The molecule has 20 heavy (non-hydrogen) atoms. The fraction of sp³-hybridized carbons (Fsp3) is 0.667. The highest BCUT2D eigenvalue weighted by atomic mass is 32.2. The van der Waals surface area contributed by atoms with Crippen molar-refractivity contribution < 1.29 is 8.42 Å². The van der Waals surface area contributed by atoms with Crippen LogP contribution in [0, 0.1) is 6.92 Å². The summed E-state index contributed by atoms with van der Waals surface area (Å²) in [5, 5.41) is 0. The summed E-state index contributed by atoms with van der Waals surface area (Å²) >= 11 is 0. The molecular weight excluding hydrogens is 280 g/mol. The molecule has 7 nitrogen and oxygen atoms in total. The third kappa shape index (κ3) is 3.01. The van der Waals surface area contributed by atoms with Crippen LogP contribution < -0.4 is 10.5 Å². The molecule has 1 aliphatic heterocycles. The summed E-state index contributed by atoms with van der Waals surface area (Å²) in [5.74, 6) is 1.28. The Morgan fingerprint density at radius 2 is 2.15 bits per heavy atom. The molecule has 0 aliphatic carbocycles. The van der Waals surface area contributed by atoms with Crippen molar-refractivity contribution in [2.75, 3.05) is 30.3 Å². The van der Waals surface area contributed by atoms with Gasteiger partial charge >= 0.3 is 0 Å². The molecule has 1 aliphatic rings.